The summed E-state index contributed by atoms with van der Waals surface area (Å²) in [6, 6.07) is 17.0. The Morgan fingerprint density at radius 2 is 1.83 bits per heavy atom. The molecule has 0 unspecified atom stereocenters. The maximum Gasteiger partial charge on any atom is 0.133 e. The number of aromatic amines is 1. The molecule has 0 bridgehead atoms. The first-order valence-electron chi connectivity index (χ1n) is 8.27. The van der Waals surface area contributed by atoms with Gasteiger partial charge in [-0.1, -0.05) is 48.0 Å². The number of nitrogens with one attached hydrogen (secondary N) is 1. The summed E-state index contributed by atoms with van der Waals surface area (Å²) in [5.74, 6) is 1.03. The second-order valence-electron chi connectivity index (χ2n) is 6.22. The van der Waals surface area contributed by atoms with Crippen LogP contribution in [0.3, 0.4) is 0 Å². The van der Waals surface area contributed by atoms with Gasteiger partial charge in [0.2, 0.25) is 0 Å². The zero-order valence-electron chi connectivity index (χ0n) is 13.7. The van der Waals surface area contributed by atoms with Gasteiger partial charge in [-0.15, -0.1) is 10.2 Å². The zero-order valence-corrected chi connectivity index (χ0v) is 13.7. The Morgan fingerprint density at radius 3 is 2.71 bits per heavy atom. The molecule has 4 heteroatoms. The zero-order chi connectivity index (χ0) is 16.4. The Kier molecular flexibility index (Phi) is 3.87. The molecule has 0 radical (unpaired) electrons. The van der Waals surface area contributed by atoms with E-state index in [9.17, 15) is 0 Å². The third-order valence-corrected chi connectivity index (χ3v) is 4.46. The number of aryl methyl sites for hydroxylation is 3. The van der Waals surface area contributed by atoms with Crippen LogP contribution in [0.4, 0.5) is 0 Å². The Morgan fingerprint density at radius 1 is 1.00 bits per heavy atom. The lowest BCUT2D eigenvalue weighted by atomic mass is 10.1. The summed E-state index contributed by atoms with van der Waals surface area (Å²) in [4.78, 5) is 3.34. The number of aromatic nitrogens is 4. The largest absolute Gasteiger partial charge is 0.361 e. The van der Waals surface area contributed by atoms with Crippen LogP contribution in [0.5, 0.6) is 0 Å². The average Bonchev–Trinajstić information content (AvgIpc) is 3.22. The summed E-state index contributed by atoms with van der Waals surface area (Å²) >= 11 is 0. The Labute approximate surface area is 141 Å². The van der Waals surface area contributed by atoms with Crippen molar-refractivity contribution in [2.75, 3.05) is 0 Å². The van der Waals surface area contributed by atoms with Crippen molar-refractivity contribution in [3.63, 3.8) is 0 Å². The second kappa shape index (κ2) is 6.32. The number of para-hydroxylation sites is 1. The lowest BCUT2D eigenvalue weighted by molar-refractivity contribution is 0.713. The van der Waals surface area contributed by atoms with Crippen molar-refractivity contribution in [1.29, 1.82) is 0 Å². The maximum absolute atomic E-state index is 4.31. The molecule has 0 spiro atoms. The van der Waals surface area contributed by atoms with E-state index in [-0.39, 0.29) is 0 Å². The summed E-state index contributed by atoms with van der Waals surface area (Å²) in [6.45, 7) is 2.92. The lowest BCUT2D eigenvalue weighted by Gasteiger charge is -2.07. The minimum absolute atomic E-state index is 0.816. The van der Waals surface area contributed by atoms with E-state index in [4.69, 9.17) is 0 Å². The van der Waals surface area contributed by atoms with Gasteiger partial charge in [-0.25, -0.2) is 0 Å². The average molecular weight is 316 g/mol. The Balaban J connectivity index is 1.49. The number of fused-ring (bicyclic) bond motifs is 1. The highest BCUT2D eigenvalue weighted by atomic mass is 15.3. The molecule has 0 atom stereocenters. The summed E-state index contributed by atoms with van der Waals surface area (Å²) in [6.07, 6.45) is 5.76. The quantitative estimate of drug-likeness (QED) is 0.607. The van der Waals surface area contributed by atoms with Crippen LogP contribution in [-0.4, -0.2) is 19.7 Å². The van der Waals surface area contributed by atoms with Crippen molar-refractivity contribution in [3.8, 4) is 0 Å². The van der Waals surface area contributed by atoms with Gasteiger partial charge in [0, 0.05) is 23.5 Å². The molecule has 24 heavy (non-hydrogen) atoms. The van der Waals surface area contributed by atoms with E-state index in [1.807, 2.05) is 6.33 Å². The first-order chi connectivity index (χ1) is 11.8. The number of H-pyrrole nitrogens is 1. The predicted octanol–water partition coefficient (Wildman–Crippen LogP) is 3.90. The highest BCUT2D eigenvalue weighted by Crippen LogP contribution is 2.19. The van der Waals surface area contributed by atoms with E-state index in [2.05, 4.69) is 81.4 Å². The van der Waals surface area contributed by atoms with Crippen LogP contribution in [0.1, 0.15) is 22.5 Å². The van der Waals surface area contributed by atoms with Gasteiger partial charge in [0.05, 0.1) is 6.54 Å². The molecule has 2 aromatic heterocycles. The van der Waals surface area contributed by atoms with Gasteiger partial charge in [0.25, 0.3) is 0 Å². The normalized spacial score (nSPS) is 11.2. The fraction of sp³-hybridized carbons (Fsp3) is 0.200. The van der Waals surface area contributed by atoms with Crippen LogP contribution in [0.2, 0.25) is 0 Å². The molecular formula is C20H20N4. The SMILES string of the molecule is Cc1ccc(Cn2cnnc2CCc2c[nH]c3ccccc23)cc1. The van der Waals surface area contributed by atoms with Crippen LogP contribution in [0, 0.1) is 6.92 Å². The van der Waals surface area contributed by atoms with Crippen molar-refractivity contribution in [2.24, 2.45) is 0 Å². The Bertz CT molecular complexity index is 947. The predicted molar refractivity (Wildman–Crippen MR) is 96.0 cm³/mol. The minimum atomic E-state index is 0.816. The summed E-state index contributed by atoms with van der Waals surface area (Å²) in [7, 11) is 0. The second-order valence-corrected chi connectivity index (χ2v) is 6.22. The summed E-state index contributed by atoms with van der Waals surface area (Å²) in [5, 5.41) is 9.71. The van der Waals surface area contributed by atoms with Crippen molar-refractivity contribution >= 4 is 10.9 Å². The molecule has 4 aromatic rings. The molecule has 0 aliphatic carbocycles. The molecule has 0 aliphatic heterocycles. The van der Waals surface area contributed by atoms with Gasteiger partial charge in [-0.2, -0.15) is 0 Å². The molecule has 0 saturated carbocycles. The first kappa shape index (κ1) is 14.7. The van der Waals surface area contributed by atoms with Gasteiger partial charge < -0.3 is 9.55 Å². The highest BCUT2D eigenvalue weighted by molar-refractivity contribution is 5.83. The fourth-order valence-electron chi connectivity index (χ4n) is 3.08. The molecular weight excluding hydrogens is 296 g/mol. The van der Waals surface area contributed by atoms with Gasteiger partial charge in [0.1, 0.15) is 12.2 Å². The third-order valence-electron chi connectivity index (χ3n) is 4.46. The topological polar surface area (TPSA) is 46.5 Å². The summed E-state index contributed by atoms with van der Waals surface area (Å²) in [5.41, 5.74) is 5.07. The molecule has 1 N–H and O–H groups in total. The van der Waals surface area contributed by atoms with Gasteiger partial charge >= 0.3 is 0 Å². The molecule has 4 rings (SSSR count). The van der Waals surface area contributed by atoms with Crippen molar-refractivity contribution in [2.45, 2.75) is 26.3 Å². The van der Waals surface area contributed by atoms with E-state index in [1.54, 1.807) is 0 Å². The number of nitrogens with zero attached hydrogens (tertiary/aromatic N) is 3. The van der Waals surface area contributed by atoms with Crippen LogP contribution in [0.25, 0.3) is 10.9 Å². The van der Waals surface area contributed by atoms with Crippen molar-refractivity contribution in [1.82, 2.24) is 19.7 Å². The highest BCUT2D eigenvalue weighted by Gasteiger charge is 2.08. The van der Waals surface area contributed by atoms with Crippen LogP contribution in [-0.2, 0) is 19.4 Å². The van der Waals surface area contributed by atoms with Crippen LogP contribution >= 0.6 is 0 Å². The maximum atomic E-state index is 4.31. The van der Waals surface area contributed by atoms with Gasteiger partial charge in [-0.05, 0) is 30.5 Å². The molecule has 4 nitrogen and oxygen atoms in total. The van der Waals surface area contributed by atoms with E-state index in [0.29, 0.717) is 0 Å². The van der Waals surface area contributed by atoms with Crippen LogP contribution < -0.4 is 0 Å². The smallest absolute Gasteiger partial charge is 0.133 e. The van der Waals surface area contributed by atoms with Crippen molar-refractivity contribution < 1.29 is 0 Å². The number of rotatable bonds is 5. The molecule has 2 heterocycles. The van der Waals surface area contributed by atoms with E-state index in [1.165, 1.54) is 27.6 Å². The number of benzene rings is 2. The lowest BCUT2D eigenvalue weighted by Crippen LogP contribution is -2.05. The Hall–Kier alpha value is -2.88. The van der Waals surface area contributed by atoms with Gasteiger partial charge in [-0.3, -0.25) is 0 Å². The molecule has 120 valence electrons. The third kappa shape index (κ3) is 2.95. The van der Waals surface area contributed by atoms with Crippen molar-refractivity contribution in [3.05, 3.63) is 83.6 Å². The number of hydrogen-bond donors (Lipinski definition) is 1. The first-order valence-corrected chi connectivity index (χ1v) is 8.27. The number of hydrogen-bond acceptors (Lipinski definition) is 2. The summed E-state index contributed by atoms with van der Waals surface area (Å²) < 4.78 is 2.14. The fourth-order valence-corrected chi connectivity index (χ4v) is 3.08. The molecule has 0 aliphatic rings. The molecule has 0 amide bonds. The molecule has 2 aromatic carbocycles. The molecule has 0 saturated heterocycles. The minimum Gasteiger partial charge on any atom is -0.361 e. The van der Waals surface area contributed by atoms with Gasteiger partial charge in [0.15, 0.2) is 0 Å². The van der Waals surface area contributed by atoms with E-state index < -0.39 is 0 Å². The van der Waals surface area contributed by atoms with Crippen LogP contribution in [0.15, 0.2) is 61.1 Å². The molecule has 0 fully saturated rings. The standard InChI is InChI=1S/C20H20N4/c1-15-6-8-16(9-7-15)13-24-14-22-23-20(24)11-10-17-12-21-19-5-3-2-4-18(17)19/h2-9,12,14,21H,10-11,13H2,1H3. The van der Waals surface area contributed by atoms with E-state index in [0.717, 1.165) is 25.2 Å². The van der Waals surface area contributed by atoms with E-state index >= 15 is 0 Å². The monoisotopic (exact) mass is 316 g/mol.